The summed E-state index contributed by atoms with van der Waals surface area (Å²) in [5.74, 6) is -1.10. The fourth-order valence-corrected chi connectivity index (χ4v) is 5.44. The average molecular weight is 488 g/mol. The first-order chi connectivity index (χ1) is 17.5. The highest BCUT2D eigenvalue weighted by Gasteiger charge is 2.35. The van der Waals surface area contributed by atoms with Crippen LogP contribution in [0.15, 0.2) is 60.7 Å². The first-order valence-electron chi connectivity index (χ1n) is 12.6. The van der Waals surface area contributed by atoms with Crippen molar-refractivity contribution >= 4 is 34.2 Å². The van der Waals surface area contributed by atoms with Crippen molar-refractivity contribution in [3.05, 3.63) is 77.6 Å². The van der Waals surface area contributed by atoms with E-state index in [0.717, 1.165) is 42.0 Å². The Balaban J connectivity index is 1.43. The molecule has 3 aromatic carbocycles. The van der Waals surface area contributed by atoms with Crippen molar-refractivity contribution in [1.29, 1.82) is 0 Å². The zero-order chi connectivity index (χ0) is 25.2. The molecule has 186 valence electrons. The SMILES string of the molecule is CC[C@H](C(=O)NC1CCCC1)N(Cc1ccc(F)cc1)C(=O)CN1C(=O)c2cccc3cccc1c23. The van der Waals surface area contributed by atoms with Crippen LogP contribution in [0, 0.1) is 5.82 Å². The molecule has 5 rings (SSSR count). The van der Waals surface area contributed by atoms with E-state index in [1.807, 2.05) is 37.3 Å². The molecule has 0 unspecified atom stereocenters. The van der Waals surface area contributed by atoms with E-state index in [2.05, 4.69) is 5.32 Å². The molecule has 7 heteroatoms. The molecule has 1 fully saturated rings. The van der Waals surface area contributed by atoms with Crippen molar-refractivity contribution < 1.29 is 18.8 Å². The van der Waals surface area contributed by atoms with Gasteiger partial charge in [-0.3, -0.25) is 19.3 Å². The highest BCUT2D eigenvalue weighted by Crippen LogP contribution is 2.37. The summed E-state index contributed by atoms with van der Waals surface area (Å²) >= 11 is 0. The summed E-state index contributed by atoms with van der Waals surface area (Å²) < 4.78 is 13.5. The normalized spacial score (nSPS) is 15.9. The molecule has 0 bridgehead atoms. The molecular weight excluding hydrogens is 457 g/mol. The number of hydrogen-bond donors (Lipinski definition) is 1. The third-order valence-electron chi connectivity index (χ3n) is 7.30. The number of amides is 3. The van der Waals surface area contributed by atoms with Crippen molar-refractivity contribution in [3.8, 4) is 0 Å². The number of carbonyl (C=O) groups excluding carboxylic acids is 3. The minimum atomic E-state index is -0.695. The number of anilines is 1. The smallest absolute Gasteiger partial charge is 0.259 e. The third kappa shape index (κ3) is 4.57. The molecule has 3 aromatic rings. The van der Waals surface area contributed by atoms with Crippen molar-refractivity contribution in [2.24, 2.45) is 0 Å². The van der Waals surface area contributed by atoms with Gasteiger partial charge in [-0.2, -0.15) is 0 Å². The minimum absolute atomic E-state index is 0.126. The van der Waals surface area contributed by atoms with Crippen LogP contribution in [0.3, 0.4) is 0 Å². The summed E-state index contributed by atoms with van der Waals surface area (Å²) in [5, 5.41) is 4.90. The largest absolute Gasteiger partial charge is 0.352 e. The van der Waals surface area contributed by atoms with Crippen LogP contribution < -0.4 is 10.2 Å². The molecule has 36 heavy (non-hydrogen) atoms. The first kappa shape index (κ1) is 24.0. The highest BCUT2D eigenvalue weighted by molar-refractivity contribution is 6.26. The Bertz CT molecular complexity index is 1300. The summed E-state index contributed by atoms with van der Waals surface area (Å²) in [6.07, 6.45) is 4.48. The lowest BCUT2D eigenvalue weighted by Gasteiger charge is -2.33. The predicted octanol–water partition coefficient (Wildman–Crippen LogP) is 4.81. The van der Waals surface area contributed by atoms with E-state index < -0.39 is 6.04 Å². The maximum Gasteiger partial charge on any atom is 0.259 e. The zero-order valence-corrected chi connectivity index (χ0v) is 20.4. The Hall–Kier alpha value is -3.74. The van der Waals surface area contributed by atoms with E-state index in [1.165, 1.54) is 21.9 Å². The Kier molecular flexibility index (Phi) is 6.72. The van der Waals surface area contributed by atoms with E-state index >= 15 is 0 Å². The molecule has 6 nitrogen and oxygen atoms in total. The van der Waals surface area contributed by atoms with Gasteiger partial charge >= 0.3 is 0 Å². The fraction of sp³-hybridized carbons (Fsp3) is 0.345. The maximum atomic E-state index is 13.8. The number of carbonyl (C=O) groups is 3. The Labute approximate surface area is 210 Å². The van der Waals surface area contributed by atoms with Crippen molar-refractivity contribution in [3.63, 3.8) is 0 Å². The molecule has 1 aliphatic carbocycles. The van der Waals surface area contributed by atoms with Crippen LogP contribution in [0.5, 0.6) is 0 Å². The second kappa shape index (κ2) is 10.1. The summed E-state index contributed by atoms with van der Waals surface area (Å²) in [4.78, 5) is 43.4. The van der Waals surface area contributed by atoms with Crippen LogP contribution in [-0.4, -0.2) is 41.2 Å². The number of benzene rings is 3. The molecular formula is C29H30FN3O3. The van der Waals surface area contributed by atoms with E-state index in [-0.39, 0.29) is 42.7 Å². The molecule has 1 saturated carbocycles. The average Bonchev–Trinajstić information content (AvgIpc) is 3.49. The summed E-state index contributed by atoms with van der Waals surface area (Å²) in [7, 11) is 0. The van der Waals surface area contributed by atoms with Crippen LogP contribution in [-0.2, 0) is 16.1 Å². The number of nitrogens with zero attached hydrogens (tertiary/aromatic N) is 2. The minimum Gasteiger partial charge on any atom is -0.352 e. The highest BCUT2D eigenvalue weighted by atomic mass is 19.1. The zero-order valence-electron chi connectivity index (χ0n) is 20.4. The predicted molar refractivity (Wildman–Crippen MR) is 137 cm³/mol. The van der Waals surface area contributed by atoms with Gasteiger partial charge in [0.15, 0.2) is 0 Å². The second-order valence-electron chi connectivity index (χ2n) is 9.63. The number of hydrogen-bond acceptors (Lipinski definition) is 3. The van der Waals surface area contributed by atoms with Gasteiger partial charge in [-0.1, -0.05) is 56.2 Å². The standard InChI is InChI=1S/C29H30FN3O3/c1-2-24(28(35)31-22-9-3-4-10-22)32(17-19-13-15-21(30)16-14-19)26(34)18-33-25-12-6-8-20-7-5-11-23(27(20)25)29(33)36/h5-8,11-16,22,24H,2-4,9-10,17-18H2,1H3,(H,31,35)/t24-/m1/s1. The Morgan fingerprint density at radius 1 is 1.06 bits per heavy atom. The van der Waals surface area contributed by atoms with Gasteiger partial charge in [-0.05, 0) is 54.5 Å². The Morgan fingerprint density at radius 3 is 2.44 bits per heavy atom. The second-order valence-corrected chi connectivity index (χ2v) is 9.63. The lowest BCUT2D eigenvalue weighted by Crippen LogP contribution is -2.53. The van der Waals surface area contributed by atoms with Gasteiger partial charge in [0.05, 0.1) is 5.69 Å². The van der Waals surface area contributed by atoms with Gasteiger partial charge in [-0.15, -0.1) is 0 Å². The van der Waals surface area contributed by atoms with Crippen molar-refractivity contribution in [1.82, 2.24) is 10.2 Å². The van der Waals surface area contributed by atoms with Gasteiger partial charge in [0.1, 0.15) is 18.4 Å². The van der Waals surface area contributed by atoms with E-state index in [4.69, 9.17) is 0 Å². The maximum absolute atomic E-state index is 13.8. The van der Waals surface area contributed by atoms with Crippen LogP contribution in [0.4, 0.5) is 10.1 Å². The van der Waals surface area contributed by atoms with E-state index in [0.29, 0.717) is 17.7 Å². The number of halogens is 1. The number of rotatable bonds is 8. The fourth-order valence-electron chi connectivity index (χ4n) is 5.44. The molecule has 2 aliphatic rings. The molecule has 0 radical (unpaired) electrons. The summed E-state index contributed by atoms with van der Waals surface area (Å²) in [6.45, 7) is 1.84. The van der Waals surface area contributed by atoms with Crippen LogP contribution >= 0.6 is 0 Å². The van der Waals surface area contributed by atoms with Gasteiger partial charge in [0.2, 0.25) is 11.8 Å². The lowest BCUT2D eigenvalue weighted by atomic mass is 10.1. The van der Waals surface area contributed by atoms with Gasteiger partial charge in [0.25, 0.3) is 5.91 Å². The van der Waals surface area contributed by atoms with Crippen LogP contribution in [0.1, 0.15) is 54.9 Å². The summed E-state index contributed by atoms with van der Waals surface area (Å²) in [5.41, 5.74) is 1.99. The quantitative estimate of drug-likeness (QED) is 0.496. The van der Waals surface area contributed by atoms with Crippen LogP contribution in [0.2, 0.25) is 0 Å². The number of nitrogens with one attached hydrogen (secondary N) is 1. The van der Waals surface area contributed by atoms with E-state index in [9.17, 15) is 18.8 Å². The lowest BCUT2D eigenvalue weighted by molar-refractivity contribution is -0.140. The van der Waals surface area contributed by atoms with Gasteiger partial charge < -0.3 is 10.2 Å². The van der Waals surface area contributed by atoms with Gasteiger partial charge in [-0.25, -0.2) is 4.39 Å². The molecule has 1 N–H and O–H groups in total. The molecule has 1 atom stereocenters. The molecule has 0 aromatic heterocycles. The molecule has 1 heterocycles. The van der Waals surface area contributed by atoms with Gasteiger partial charge in [0, 0.05) is 23.5 Å². The van der Waals surface area contributed by atoms with Crippen molar-refractivity contribution in [2.45, 2.75) is 57.7 Å². The van der Waals surface area contributed by atoms with Crippen LogP contribution in [0.25, 0.3) is 10.8 Å². The third-order valence-corrected chi connectivity index (χ3v) is 7.30. The molecule has 0 spiro atoms. The molecule has 1 aliphatic heterocycles. The Morgan fingerprint density at radius 2 is 1.75 bits per heavy atom. The van der Waals surface area contributed by atoms with Crippen molar-refractivity contribution in [2.75, 3.05) is 11.4 Å². The molecule has 3 amide bonds. The topological polar surface area (TPSA) is 69.7 Å². The summed E-state index contributed by atoms with van der Waals surface area (Å²) in [6, 6.07) is 16.6. The van der Waals surface area contributed by atoms with E-state index in [1.54, 1.807) is 18.2 Å². The monoisotopic (exact) mass is 487 g/mol. The first-order valence-corrected chi connectivity index (χ1v) is 12.6. The molecule has 0 saturated heterocycles.